The van der Waals surface area contributed by atoms with Gasteiger partial charge in [-0.05, 0) is 50.7 Å². The second kappa shape index (κ2) is 5.53. The van der Waals surface area contributed by atoms with Gasteiger partial charge >= 0.3 is 0 Å². The number of rotatable bonds is 3. The Morgan fingerprint density at radius 3 is 2.96 bits per heavy atom. The van der Waals surface area contributed by atoms with Crippen LogP contribution < -0.4 is 11.1 Å². The van der Waals surface area contributed by atoms with E-state index >= 15 is 0 Å². The van der Waals surface area contributed by atoms with E-state index < -0.39 is 0 Å². The average molecular weight is 314 g/mol. The fourth-order valence-corrected chi connectivity index (χ4v) is 3.73. The quantitative estimate of drug-likeness (QED) is 0.909. The predicted octanol–water partition coefficient (Wildman–Crippen LogP) is 2.14. The van der Waals surface area contributed by atoms with Crippen molar-refractivity contribution < 1.29 is 9.53 Å². The first-order chi connectivity index (χ1) is 11.2. The molecule has 0 bridgehead atoms. The maximum atomic E-state index is 12.8. The first kappa shape index (κ1) is 14.5. The Morgan fingerprint density at radius 1 is 1.39 bits per heavy atom. The van der Waals surface area contributed by atoms with E-state index in [-0.39, 0.29) is 17.6 Å². The zero-order chi connectivity index (χ0) is 15.9. The second-order valence-electron chi connectivity index (χ2n) is 6.67. The molecule has 0 spiro atoms. The second-order valence-corrected chi connectivity index (χ2v) is 6.67. The largest absolute Gasteiger partial charge is 0.399 e. The molecule has 1 saturated carbocycles. The minimum Gasteiger partial charge on any atom is -0.399 e. The highest BCUT2D eigenvalue weighted by Gasteiger charge is 2.46. The number of ether oxygens (including phenoxy) is 1. The SMILES string of the molecule is Nc1ccn2ncc(C(=O)NC3(C4CCCCO4)CCC3)c2c1. The fourth-order valence-electron chi connectivity index (χ4n) is 3.73. The molecule has 1 unspecified atom stereocenters. The van der Waals surface area contributed by atoms with Crippen LogP contribution in [0.25, 0.3) is 5.52 Å². The van der Waals surface area contributed by atoms with Gasteiger partial charge in [0.1, 0.15) is 0 Å². The van der Waals surface area contributed by atoms with Gasteiger partial charge in [-0.15, -0.1) is 0 Å². The summed E-state index contributed by atoms with van der Waals surface area (Å²) in [6.07, 6.45) is 9.96. The van der Waals surface area contributed by atoms with Crippen molar-refractivity contribution in [1.82, 2.24) is 14.9 Å². The summed E-state index contributed by atoms with van der Waals surface area (Å²) in [6.45, 7) is 0.801. The van der Waals surface area contributed by atoms with E-state index in [0.717, 1.165) is 44.2 Å². The number of fused-ring (bicyclic) bond motifs is 1. The van der Waals surface area contributed by atoms with Crippen molar-refractivity contribution in [2.24, 2.45) is 0 Å². The molecular formula is C17H22N4O2. The minimum atomic E-state index is -0.202. The Bertz CT molecular complexity index is 729. The number of carbonyl (C=O) groups excluding carboxylic acids is 1. The molecule has 4 rings (SSSR count). The Hall–Kier alpha value is -2.08. The van der Waals surface area contributed by atoms with Crippen LogP contribution in [-0.4, -0.2) is 33.8 Å². The molecule has 2 aliphatic rings. The highest BCUT2D eigenvalue weighted by molar-refractivity contribution is 6.01. The van der Waals surface area contributed by atoms with Crippen molar-refractivity contribution in [2.45, 2.75) is 50.2 Å². The lowest BCUT2D eigenvalue weighted by atomic mass is 9.70. The lowest BCUT2D eigenvalue weighted by molar-refractivity contribution is -0.0696. The number of hydrogen-bond acceptors (Lipinski definition) is 4. The van der Waals surface area contributed by atoms with E-state index in [2.05, 4.69) is 10.4 Å². The van der Waals surface area contributed by atoms with Gasteiger partial charge in [0.2, 0.25) is 0 Å². The molecular weight excluding hydrogens is 292 g/mol. The number of hydrogen-bond donors (Lipinski definition) is 2. The van der Waals surface area contributed by atoms with Gasteiger partial charge in [0, 0.05) is 18.5 Å². The fraction of sp³-hybridized carbons (Fsp3) is 0.529. The van der Waals surface area contributed by atoms with Crippen LogP contribution in [0.3, 0.4) is 0 Å². The first-order valence-corrected chi connectivity index (χ1v) is 8.35. The van der Waals surface area contributed by atoms with Crippen LogP contribution in [0.4, 0.5) is 5.69 Å². The summed E-state index contributed by atoms with van der Waals surface area (Å²) in [6, 6.07) is 3.55. The number of pyridine rings is 1. The number of aromatic nitrogens is 2. The molecule has 2 aromatic heterocycles. The highest BCUT2D eigenvalue weighted by Crippen LogP contribution is 2.40. The average Bonchev–Trinajstić information content (AvgIpc) is 2.94. The summed E-state index contributed by atoms with van der Waals surface area (Å²) in [5, 5.41) is 7.49. The summed E-state index contributed by atoms with van der Waals surface area (Å²) in [7, 11) is 0. The summed E-state index contributed by atoms with van der Waals surface area (Å²) in [4.78, 5) is 12.8. The molecule has 1 saturated heterocycles. The van der Waals surface area contributed by atoms with Crippen molar-refractivity contribution in [3.63, 3.8) is 0 Å². The lowest BCUT2D eigenvalue weighted by Crippen LogP contribution is -2.62. The van der Waals surface area contributed by atoms with Gasteiger partial charge in [-0.25, -0.2) is 4.52 Å². The van der Waals surface area contributed by atoms with E-state index in [4.69, 9.17) is 10.5 Å². The molecule has 2 fully saturated rings. The van der Waals surface area contributed by atoms with E-state index in [1.165, 1.54) is 6.42 Å². The maximum absolute atomic E-state index is 12.8. The van der Waals surface area contributed by atoms with E-state index in [1.54, 1.807) is 29.0 Å². The Balaban J connectivity index is 1.59. The molecule has 6 heteroatoms. The number of amides is 1. The Morgan fingerprint density at radius 2 is 2.26 bits per heavy atom. The molecule has 1 aliphatic heterocycles. The molecule has 0 radical (unpaired) electrons. The van der Waals surface area contributed by atoms with Gasteiger partial charge in [-0.3, -0.25) is 4.79 Å². The van der Waals surface area contributed by atoms with Crippen molar-refractivity contribution >= 4 is 17.1 Å². The number of carbonyl (C=O) groups is 1. The summed E-state index contributed by atoms with van der Waals surface area (Å²) in [5.74, 6) is -0.0838. The number of nitrogens with zero attached hydrogens (tertiary/aromatic N) is 2. The van der Waals surface area contributed by atoms with Crippen LogP contribution in [0.15, 0.2) is 24.5 Å². The number of nitrogens with two attached hydrogens (primary N) is 1. The van der Waals surface area contributed by atoms with Crippen molar-refractivity contribution in [1.29, 1.82) is 0 Å². The molecule has 6 nitrogen and oxygen atoms in total. The monoisotopic (exact) mass is 314 g/mol. The zero-order valence-electron chi connectivity index (χ0n) is 13.1. The van der Waals surface area contributed by atoms with Crippen LogP contribution in [0, 0.1) is 0 Å². The lowest BCUT2D eigenvalue weighted by Gasteiger charge is -2.49. The van der Waals surface area contributed by atoms with Gasteiger partial charge in [0.05, 0.1) is 28.9 Å². The highest BCUT2D eigenvalue weighted by atomic mass is 16.5. The van der Waals surface area contributed by atoms with Crippen LogP contribution in [0.1, 0.15) is 48.9 Å². The van der Waals surface area contributed by atoms with Crippen LogP contribution >= 0.6 is 0 Å². The molecule has 23 heavy (non-hydrogen) atoms. The molecule has 2 aromatic rings. The summed E-state index contributed by atoms with van der Waals surface area (Å²) < 4.78 is 7.63. The van der Waals surface area contributed by atoms with E-state index in [9.17, 15) is 4.79 Å². The Labute approximate surface area is 135 Å². The molecule has 3 heterocycles. The molecule has 1 atom stereocenters. The predicted molar refractivity (Wildman–Crippen MR) is 87.2 cm³/mol. The van der Waals surface area contributed by atoms with Gasteiger partial charge in [0.25, 0.3) is 5.91 Å². The molecule has 1 aliphatic carbocycles. The van der Waals surface area contributed by atoms with Crippen molar-refractivity contribution in [2.75, 3.05) is 12.3 Å². The van der Waals surface area contributed by atoms with E-state index in [0.29, 0.717) is 11.3 Å². The topological polar surface area (TPSA) is 81.7 Å². The number of nitrogens with one attached hydrogen (secondary N) is 1. The standard InChI is InChI=1S/C17H22N4O2/c18-12-5-8-21-14(10-12)13(11-19-21)16(22)20-17(6-3-7-17)15-4-1-2-9-23-15/h5,8,10-11,15H,1-4,6-7,9,18H2,(H,20,22). The minimum absolute atomic E-state index is 0.0838. The third-order valence-corrected chi connectivity index (χ3v) is 5.19. The zero-order valence-corrected chi connectivity index (χ0v) is 13.1. The molecule has 1 amide bonds. The van der Waals surface area contributed by atoms with E-state index in [1.807, 2.05) is 0 Å². The molecule has 3 N–H and O–H groups in total. The van der Waals surface area contributed by atoms with Gasteiger partial charge < -0.3 is 15.8 Å². The maximum Gasteiger partial charge on any atom is 0.255 e. The third kappa shape index (κ3) is 2.47. The summed E-state index contributed by atoms with van der Waals surface area (Å²) >= 11 is 0. The van der Waals surface area contributed by atoms with Crippen LogP contribution in [-0.2, 0) is 4.74 Å². The number of nitrogen functional groups attached to an aromatic ring is 1. The van der Waals surface area contributed by atoms with Crippen molar-refractivity contribution in [3.8, 4) is 0 Å². The number of anilines is 1. The normalized spacial score (nSPS) is 23.4. The van der Waals surface area contributed by atoms with Gasteiger partial charge in [-0.2, -0.15) is 5.10 Å². The van der Waals surface area contributed by atoms with Crippen LogP contribution in [0.2, 0.25) is 0 Å². The third-order valence-electron chi connectivity index (χ3n) is 5.19. The van der Waals surface area contributed by atoms with Gasteiger partial charge in [-0.1, -0.05) is 0 Å². The van der Waals surface area contributed by atoms with Crippen LogP contribution in [0.5, 0.6) is 0 Å². The van der Waals surface area contributed by atoms with Crippen molar-refractivity contribution in [3.05, 3.63) is 30.1 Å². The molecule has 0 aromatic carbocycles. The Kier molecular flexibility index (Phi) is 3.49. The smallest absolute Gasteiger partial charge is 0.255 e. The first-order valence-electron chi connectivity index (χ1n) is 8.35. The molecule has 122 valence electrons. The summed E-state index contributed by atoms with van der Waals surface area (Å²) in [5.41, 5.74) is 7.57. The van der Waals surface area contributed by atoms with Gasteiger partial charge in [0.15, 0.2) is 0 Å².